The molecule has 182 valence electrons. The molecular formula is C25H23F3N4O3. The third-order valence-electron chi connectivity index (χ3n) is 5.86. The molecule has 10 heteroatoms. The monoisotopic (exact) mass is 484 g/mol. The second kappa shape index (κ2) is 10.0. The summed E-state index contributed by atoms with van der Waals surface area (Å²) in [4.78, 5) is 30.0. The van der Waals surface area contributed by atoms with Gasteiger partial charge in [0.1, 0.15) is 5.65 Å². The molecule has 0 radical (unpaired) electrons. The van der Waals surface area contributed by atoms with E-state index >= 15 is 0 Å². The molecule has 2 aromatic carbocycles. The van der Waals surface area contributed by atoms with Gasteiger partial charge in [-0.05, 0) is 49.2 Å². The Morgan fingerprint density at radius 3 is 2.20 bits per heavy atom. The molecule has 35 heavy (non-hydrogen) atoms. The minimum absolute atomic E-state index is 0.179. The Labute approximate surface area is 198 Å². The predicted octanol–water partition coefficient (Wildman–Crippen LogP) is 6.65. The molecule has 0 saturated heterocycles. The number of rotatable bonds is 3. The summed E-state index contributed by atoms with van der Waals surface area (Å²) in [6.45, 7) is 0. The van der Waals surface area contributed by atoms with Crippen LogP contribution < -0.4 is 16.2 Å². The van der Waals surface area contributed by atoms with Crippen LogP contribution in [0.2, 0.25) is 0 Å². The van der Waals surface area contributed by atoms with E-state index in [-0.39, 0.29) is 5.56 Å². The maximum absolute atomic E-state index is 12.2. The highest BCUT2D eigenvalue weighted by molar-refractivity contribution is 6.10. The molecule has 4 N–H and O–H groups in total. The van der Waals surface area contributed by atoms with Crippen molar-refractivity contribution in [2.24, 2.45) is 5.92 Å². The number of benzene rings is 2. The number of carboxylic acid groups (broad SMARTS) is 1. The van der Waals surface area contributed by atoms with Crippen LogP contribution in [0.4, 0.5) is 35.0 Å². The minimum atomic E-state index is -3.92. The number of hydrogen-bond acceptors (Lipinski definition) is 4. The molecule has 1 fully saturated rings. The molecule has 2 heterocycles. The minimum Gasteiger partial charge on any atom is -0.465 e. The summed E-state index contributed by atoms with van der Waals surface area (Å²) >= 11 is 0. The summed E-state index contributed by atoms with van der Waals surface area (Å²) in [6, 6.07) is 16.1. The van der Waals surface area contributed by atoms with E-state index in [9.17, 15) is 22.8 Å². The van der Waals surface area contributed by atoms with E-state index in [2.05, 4.69) is 20.6 Å². The molecule has 0 unspecified atom stereocenters. The number of halogens is 3. The Balaban J connectivity index is 0.000000271. The van der Waals surface area contributed by atoms with Gasteiger partial charge in [-0.1, -0.05) is 31.0 Å². The van der Waals surface area contributed by atoms with Crippen molar-refractivity contribution >= 4 is 45.0 Å². The average molecular weight is 484 g/mol. The normalized spacial score (nSPS) is 13.9. The lowest BCUT2D eigenvalue weighted by Gasteiger charge is -2.12. The van der Waals surface area contributed by atoms with Crippen molar-refractivity contribution in [1.82, 2.24) is 9.97 Å². The van der Waals surface area contributed by atoms with Crippen molar-refractivity contribution in [1.29, 1.82) is 0 Å². The number of fused-ring (bicyclic) bond motifs is 3. The third-order valence-corrected chi connectivity index (χ3v) is 5.86. The van der Waals surface area contributed by atoms with Crippen LogP contribution >= 0.6 is 0 Å². The summed E-state index contributed by atoms with van der Waals surface area (Å²) in [7, 11) is 0. The predicted molar refractivity (Wildman–Crippen MR) is 129 cm³/mol. The zero-order valence-corrected chi connectivity index (χ0v) is 18.5. The maximum Gasteiger partial charge on any atom is 0.409 e. The molecule has 0 atom stereocenters. The quantitative estimate of drug-likeness (QED) is 0.244. The number of amides is 1. The van der Waals surface area contributed by atoms with Gasteiger partial charge < -0.3 is 15.4 Å². The van der Waals surface area contributed by atoms with Crippen LogP contribution in [0.15, 0.2) is 65.6 Å². The number of nitrogens with one attached hydrogen (secondary N) is 3. The van der Waals surface area contributed by atoms with Crippen molar-refractivity contribution in [3.63, 3.8) is 0 Å². The van der Waals surface area contributed by atoms with Crippen LogP contribution in [0.1, 0.15) is 25.7 Å². The van der Waals surface area contributed by atoms with Crippen molar-refractivity contribution in [3.8, 4) is 0 Å². The highest BCUT2D eigenvalue weighted by atomic mass is 19.4. The second-order valence-electron chi connectivity index (χ2n) is 8.24. The molecule has 0 spiro atoms. The van der Waals surface area contributed by atoms with Crippen molar-refractivity contribution in [3.05, 3.63) is 71.1 Å². The Morgan fingerprint density at radius 1 is 0.971 bits per heavy atom. The summed E-state index contributed by atoms with van der Waals surface area (Å²) < 4.78 is 35.3. The van der Waals surface area contributed by atoms with Crippen molar-refractivity contribution < 1.29 is 23.1 Å². The van der Waals surface area contributed by atoms with Gasteiger partial charge in [-0.3, -0.25) is 10.1 Å². The van der Waals surface area contributed by atoms with Gasteiger partial charge in [0.05, 0.1) is 11.6 Å². The number of hydrogen-bond donors (Lipinski definition) is 4. The van der Waals surface area contributed by atoms with E-state index in [1.54, 1.807) is 36.5 Å². The number of carbonyl (C=O) groups is 1. The number of anilines is 3. The largest absolute Gasteiger partial charge is 0.465 e. The standard InChI is InChI=1S/C19H14N4O3.C6H9F3/c24-18-14-4-2-1-3-13(14)16-15(9-10-20-17(16)23-18)21-11-5-7-12(8-6-11)22-19(25)26;7-6(8,9)5-3-1-2-4-5/h1-10,22H,(H,25,26)(H2,20,21,23,24);5H,1-4H2. The van der Waals surface area contributed by atoms with E-state index in [0.717, 1.165) is 35.0 Å². The van der Waals surface area contributed by atoms with E-state index in [1.165, 1.54) is 0 Å². The van der Waals surface area contributed by atoms with E-state index in [4.69, 9.17) is 5.11 Å². The van der Waals surface area contributed by atoms with Gasteiger partial charge in [0.15, 0.2) is 0 Å². The van der Waals surface area contributed by atoms with E-state index < -0.39 is 18.2 Å². The Hall–Kier alpha value is -4.08. The first-order valence-corrected chi connectivity index (χ1v) is 11.1. The summed E-state index contributed by atoms with van der Waals surface area (Å²) in [5, 5.41) is 16.6. The lowest BCUT2D eigenvalue weighted by atomic mass is 10.1. The topological polar surface area (TPSA) is 107 Å². The van der Waals surface area contributed by atoms with Crippen molar-refractivity contribution in [2.45, 2.75) is 31.9 Å². The highest BCUT2D eigenvalue weighted by Gasteiger charge is 2.40. The van der Waals surface area contributed by atoms with Crippen LogP contribution in [0, 0.1) is 5.92 Å². The van der Waals surface area contributed by atoms with Crippen LogP contribution in [-0.2, 0) is 0 Å². The highest BCUT2D eigenvalue weighted by Crippen LogP contribution is 2.38. The van der Waals surface area contributed by atoms with Gasteiger partial charge in [-0.25, -0.2) is 9.78 Å². The molecule has 1 saturated carbocycles. The van der Waals surface area contributed by atoms with Crippen LogP contribution in [0.3, 0.4) is 0 Å². The Kier molecular flexibility index (Phi) is 6.90. The van der Waals surface area contributed by atoms with Gasteiger partial charge in [-0.2, -0.15) is 13.2 Å². The van der Waals surface area contributed by atoms with Crippen LogP contribution in [0.5, 0.6) is 0 Å². The number of alkyl halides is 3. The zero-order chi connectivity index (χ0) is 25.0. The third kappa shape index (κ3) is 5.71. The molecule has 1 aliphatic carbocycles. The molecule has 0 bridgehead atoms. The SMILES string of the molecule is FC(F)(F)C1CCCC1.O=C(O)Nc1ccc(Nc2ccnc3[nH]c(=O)c4ccccc4c23)cc1. The average Bonchev–Trinajstić information content (AvgIpc) is 3.37. The lowest BCUT2D eigenvalue weighted by Crippen LogP contribution is -2.19. The van der Waals surface area contributed by atoms with Crippen LogP contribution in [-0.4, -0.2) is 27.3 Å². The molecule has 7 nitrogen and oxygen atoms in total. The number of aromatic nitrogens is 2. The van der Waals surface area contributed by atoms with Crippen molar-refractivity contribution in [2.75, 3.05) is 10.6 Å². The number of nitrogens with zero attached hydrogens (tertiary/aromatic N) is 1. The lowest BCUT2D eigenvalue weighted by molar-refractivity contribution is -0.172. The molecule has 1 amide bonds. The molecular weight excluding hydrogens is 461 g/mol. The molecule has 1 aliphatic rings. The molecule has 4 aromatic rings. The molecule has 2 aromatic heterocycles. The summed E-state index contributed by atoms with van der Waals surface area (Å²) in [5.74, 6) is -0.988. The number of H-pyrrole nitrogens is 1. The summed E-state index contributed by atoms with van der Waals surface area (Å²) in [5.41, 5.74) is 2.38. The number of aromatic amines is 1. The Bertz CT molecular complexity index is 1400. The first-order valence-electron chi connectivity index (χ1n) is 11.1. The summed E-state index contributed by atoms with van der Waals surface area (Å²) in [6.07, 6.45) is -1.20. The Morgan fingerprint density at radius 2 is 1.60 bits per heavy atom. The molecule has 5 rings (SSSR count). The smallest absolute Gasteiger partial charge is 0.409 e. The maximum atomic E-state index is 12.2. The first kappa shape index (κ1) is 24.1. The van der Waals surface area contributed by atoms with Crippen LogP contribution in [0.25, 0.3) is 21.8 Å². The van der Waals surface area contributed by atoms with E-state index in [1.807, 2.05) is 24.3 Å². The first-order chi connectivity index (χ1) is 16.7. The van der Waals surface area contributed by atoms with Gasteiger partial charge in [-0.15, -0.1) is 0 Å². The van der Waals surface area contributed by atoms with Gasteiger partial charge in [0.25, 0.3) is 5.56 Å². The van der Waals surface area contributed by atoms with Gasteiger partial charge in [0, 0.05) is 33.7 Å². The molecule has 0 aliphatic heterocycles. The number of pyridine rings is 2. The fraction of sp³-hybridized carbons (Fsp3) is 0.240. The fourth-order valence-corrected chi connectivity index (χ4v) is 4.18. The van der Waals surface area contributed by atoms with Gasteiger partial charge >= 0.3 is 12.3 Å². The zero-order valence-electron chi connectivity index (χ0n) is 18.5. The second-order valence-corrected chi connectivity index (χ2v) is 8.24. The fourth-order valence-electron chi connectivity index (χ4n) is 4.18. The van der Waals surface area contributed by atoms with Gasteiger partial charge in [0.2, 0.25) is 0 Å². The van der Waals surface area contributed by atoms with E-state index in [0.29, 0.717) is 29.6 Å².